The molecule has 0 spiro atoms. The van der Waals surface area contributed by atoms with Crippen LogP contribution in [-0.4, -0.2) is 44.9 Å². The van der Waals surface area contributed by atoms with Crippen LogP contribution in [0.4, 0.5) is 0 Å². The summed E-state index contributed by atoms with van der Waals surface area (Å²) in [5, 5.41) is 12.9. The minimum Gasteiger partial charge on any atom is -0.481 e. The summed E-state index contributed by atoms with van der Waals surface area (Å²) < 4.78 is 1.92. The van der Waals surface area contributed by atoms with Gasteiger partial charge in [0.25, 0.3) is 0 Å². The zero-order valence-corrected chi connectivity index (χ0v) is 9.25. The van der Waals surface area contributed by atoms with Crippen molar-refractivity contribution in [2.24, 2.45) is 0 Å². The van der Waals surface area contributed by atoms with Crippen molar-refractivity contribution in [3.05, 3.63) is 18.5 Å². The van der Waals surface area contributed by atoms with E-state index in [1.807, 2.05) is 16.9 Å². The smallest absolute Gasteiger partial charge is 0.304 e. The molecule has 2 heterocycles. The Kier molecular flexibility index (Phi) is 3.56. The lowest BCUT2D eigenvalue weighted by atomic mass is 10.2. The summed E-state index contributed by atoms with van der Waals surface area (Å²) in [5.41, 5.74) is 0. The van der Waals surface area contributed by atoms with Gasteiger partial charge in [0, 0.05) is 25.0 Å². The van der Waals surface area contributed by atoms with E-state index in [0.717, 1.165) is 25.9 Å². The molecule has 5 nitrogen and oxygen atoms in total. The number of carboxylic acids is 1. The molecule has 0 saturated carbocycles. The molecule has 0 aromatic carbocycles. The molecule has 1 unspecified atom stereocenters. The number of aliphatic carboxylic acids is 1. The normalized spacial score (nSPS) is 21.4. The number of carbonyl (C=O) groups is 1. The summed E-state index contributed by atoms with van der Waals surface area (Å²) in [6.45, 7) is 2.53. The molecule has 16 heavy (non-hydrogen) atoms. The Morgan fingerprint density at radius 3 is 3.12 bits per heavy atom. The lowest BCUT2D eigenvalue weighted by Crippen LogP contribution is -2.34. The number of hydrogen-bond acceptors (Lipinski definition) is 3. The van der Waals surface area contributed by atoms with Gasteiger partial charge in [-0.15, -0.1) is 0 Å². The Morgan fingerprint density at radius 1 is 1.56 bits per heavy atom. The first kappa shape index (κ1) is 11.1. The Balaban J connectivity index is 1.85. The van der Waals surface area contributed by atoms with Gasteiger partial charge >= 0.3 is 5.97 Å². The van der Waals surface area contributed by atoms with Crippen molar-refractivity contribution in [3.63, 3.8) is 0 Å². The van der Waals surface area contributed by atoms with Crippen LogP contribution < -0.4 is 0 Å². The Bertz CT molecular complexity index is 337. The van der Waals surface area contributed by atoms with Crippen LogP contribution in [0.1, 0.15) is 19.3 Å². The fourth-order valence-electron chi connectivity index (χ4n) is 2.26. The molecule has 1 aliphatic heterocycles. The third-order valence-corrected chi connectivity index (χ3v) is 3.07. The van der Waals surface area contributed by atoms with Crippen molar-refractivity contribution < 1.29 is 9.90 Å². The second kappa shape index (κ2) is 5.12. The van der Waals surface area contributed by atoms with Gasteiger partial charge in [0.2, 0.25) is 0 Å². The van der Waals surface area contributed by atoms with Crippen LogP contribution in [0.25, 0.3) is 0 Å². The molecule has 1 atom stereocenters. The third kappa shape index (κ3) is 2.82. The molecule has 0 amide bonds. The maximum Gasteiger partial charge on any atom is 0.304 e. The quantitative estimate of drug-likeness (QED) is 0.803. The molecule has 1 fully saturated rings. The molecule has 1 aliphatic rings. The van der Waals surface area contributed by atoms with Crippen molar-refractivity contribution in [1.29, 1.82) is 0 Å². The summed E-state index contributed by atoms with van der Waals surface area (Å²) in [4.78, 5) is 12.8. The molecular formula is C11H17N3O2. The third-order valence-electron chi connectivity index (χ3n) is 3.07. The predicted molar refractivity (Wildman–Crippen MR) is 59.1 cm³/mol. The second-order valence-corrected chi connectivity index (χ2v) is 4.20. The zero-order valence-electron chi connectivity index (χ0n) is 9.25. The van der Waals surface area contributed by atoms with Gasteiger partial charge in [0.05, 0.1) is 13.0 Å². The van der Waals surface area contributed by atoms with Gasteiger partial charge in [-0.2, -0.15) is 5.10 Å². The van der Waals surface area contributed by atoms with Gasteiger partial charge in [0.15, 0.2) is 0 Å². The topological polar surface area (TPSA) is 58.4 Å². The van der Waals surface area contributed by atoms with E-state index in [0.29, 0.717) is 12.6 Å². The van der Waals surface area contributed by atoms with E-state index in [2.05, 4.69) is 10.00 Å². The molecule has 0 aliphatic carbocycles. The van der Waals surface area contributed by atoms with Gasteiger partial charge in [-0.25, -0.2) is 0 Å². The van der Waals surface area contributed by atoms with Crippen LogP contribution in [0.5, 0.6) is 0 Å². The number of hydrogen-bond donors (Lipinski definition) is 1. The van der Waals surface area contributed by atoms with Crippen molar-refractivity contribution in [2.45, 2.75) is 31.8 Å². The van der Waals surface area contributed by atoms with E-state index >= 15 is 0 Å². The maximum atomic E-state index is 10.5. The number of carboxylic acid groups (broad SMARTS) is 1. The summed E-state index contributed by atoms with van der Waals surface area (Å²) in [5.74, 6) is -0.718. The van der Waals surface area contributed by atoms with Crippen molar-refractivity contribution >= 4 is 5.97 Å². The molecule has 5 heteroatoms. The van der Waals surface area contributed by atoms with Crippen LogP contribution in [0.3, 0.4) is 0 Å². The van der Waals surface area contributed by atoms with Crippen molar-refractivity contribution in [3.8, 4) is 0 Å². The minimum atomic E-state index is -0.718. The summed E-state index contributed by atoms with van der Waals surface area (Å²) in [7, 11) is 0. The maximum absolute atomic E-state index is 10.5. The Hall–Kier alpha value is -1.36. The molecular weight excluding hydrogens is 206 g/mol. The SMILES string of the molecule is O=C(O)CCN1CCCC1Cn1cccn1. The fourth-order valence-corrected chi connectivity index (χ4v) is 2.26. The lowest BCUT2D eigenvalue weighted by molar-refractivity contribution is -0.137. The van der Waals surface area contributed by atoms with Crippen molar-refractivity contribution in [1.82, 2.24) is 14.7 Å². The highest BCUT2D eigenvalue weighted by molar-refractivity contribution is 5.66. The molecule has 1 N–H and O–H groups in total. The number of likely N-dealkylation sites (tertiary alicyclic amines) is 1. The minimum absolute atomic E-state index is 0.232. The molecule has 1 aromatic heterocycles. The second-order valence-electron chi connectivity index (χ2n) is 4.20. The van der Waals surface area contributed by atoms with E-state index in [9.17, 15) is 4.79 Å². The van der Waals surface area contributed by atoms with E-state index in [-0.39, 0.29) is 6.42 Å². The monoisotopic (exact) mass is 223 g/mol. The fraction of sp³-hybridized carbons (Fsp3) is 0.636. The molecule has 88 valence electrons. The predicted octanol–water partition coefficient (Wildman–Crippen LogP) is 0.822. The molecule has 2 rings (SSSR count). The number of aromatic nitrogens is 2. The summed E-state index contributed by atoms with van der Waals surface area (Å²) >= 11 is 0. The summed E-state index contributed by atoms with van der Waals surface area (Å²) in [6, 6.07) is 2.36. The van der Waals surface area contributed by atoms with Gasteiger partial charge in [0.1, 0.15) is 0 Å². The van der Waals surface area contributed by atoms with Crippen LogP contribution in [-0.2, 0) is 11.3 Å². The average molecular weight is 223 g/mol. The van der Waals surface area contributed by atoms with Crippen LogP contribution >= 0.6 is 0 Å². The largest absolute Gasteiger partial charge is 0.481 e. The first-order valence-electron chi connectivity index (χ1n) is 5.69. The average Bonchev–Trinajstić information content (AvgIpc) is 2.87. The van der Waals surface area contributed by atoms with Gasteiger partial charge < -0.3 is 5.11 Å². The summed E-state index contributed by atoms with van der Waals surface area (Å²) in [6.07, 6.45) is 6.25. The highest BCUT2D eigenvalue weighted by Gasteiger charge is 2.24. The first-order valence-corrected chi connectivity index (χ1v) is 5.69. The highest BCUT2D eigenvalue weighted by atomic mass is 16.4. The van der Waals surface area contributed by atoms with Gasteiger partial charge in [-0.3, -0.25) is 14.4 Å². The van der Waals surface area contributed by atoms with Crippen LogP contribution in [0.15, 0.2) is 18.5 Å². The Labute approximate surface area is 94.7 Å². The van der Waals surface area contributed by atoms with Gasteiger partial charge in [-0.1, -0.05) is 0 Å². The zero-order chi connectivity index (χ0) is 11.4. The molecule has 1 saturated heterocycles. The Morgan fingerprint density at radius 2 is 2.44 bits per heavy atom. The number of nitrogens with zero attached hydrogens (tertiary/aromatic N) is 3. The first-order chi connectivity index (χ1) is 7.75. The molecule has 1 aromatic rings. The van der Waals surface area contributed by atoms with Gasteiger partial charge in [-0.05, 0) is 25.5 Å². The van der Waals surface area contributed by atoms with E-state index in [1.165, 1.54) is 0 Å². The molecule has 0 radical (unpaired) electrons. The number of rotatable bonds is 5. The highest BCUT2D eigenvalue weighted by Crippen LogP contribution is 2.18. The van der Waals surface area contributed by atoms with E-state index in [4.69, 9.17) is 5.11 Å². The van der Waals surface area contributed by atoms with Crippen LogP contribution in [0.2, 0.25) is 0 Å². The standard InChI is InChI=1S/C11H17N3O2/c15-11(16)4-8-13-6-1-3-10(13)9-14-7-2-5-12-14/h2,5,7,10H,1,3-4,6,8-9H2,(H,15,16). The van der Waals surface area contributed by atoms with E-state index in [1.54, 1.807) is 6.20 Å². The molecule has 0 bridgehead atoms. The lowest BCUT2D eigenvalue weighted by Gasteiger charge is -2.23. The van der Waals surface area contributed by atoms with Crippen LogP contribution in [0, 0.1) is 0 Å². The van der Waals surface area contributed by atoms with Crippen molar-refractivity contribution in [2.75, 3.05) is 13.1 Å². The van der Waals surface area contributed by atoms with E-state index < -0.39 is 5.97 Å².